The van der Waals surface area contributed by atoms with E-state index >= 15 is 0 Å². The summed E-state index contributed by atoms with van der Waals surface area (Å²) < 4.78 is 42.9. The second kappa shape index (κ2) is 10.5. The van der Waals surface area contributed by atoms with Crippen LogP contribution in [0.4, 0.5) is 14.5 Å². The van der Waals surface area contributed by atoms with Gasteiger partial charge in [0, 0.05) is 35.8 Å². The van der Waals surface area contributed by atoms with Crippen molar-refractivity contribution in [2.45, 2.75) is 13.2 Å². The van der Waals surface area contributed by atoms with Gasteiger partial charge >= 0.3 is 6.61 Å². The molecule has 0 radical (unpaired) electrons. The lowest BCUT2D eigenvalue weighted by atomic mass is 10.1. The Kier molecular flexibility index (Phi) is 7.02. The Balaban J connectivity index is 1.40. The molecular formula is C25H21F2N3O4. The highest BCUT2D eigenvalue weighted by molar-refractivity contribution is 6.02. The second-order valence-electron chi connectivity index (χ2n) is 7.09. The zero-order valence-electron chi connectivity index (χ0n) is 18.2. The van der Waals surface area contributed by atoms with Crippen LogP contribution >= 0.6 is 0 Å². The summed E-state index contributed by atoms with van der Waals surface area (Å²) in [7, 11) is 1.35. The van der Waals surface area contributed by atoms with Crippen LogP contribution in [-0.2, 0) is 11.4 Å². The van der Waals surface area contributed by atoms with Gasteiger partial charge in [0.2, 0.25) is 5.91 Å². The number of rotatable bonds is 9. The van der Waals surface area contributed by atoms with Crippen molar-refractivity contribution in [3.8, 4) is 17.2 Å². The summed E-state index contributed by atoms with van der Waals surface area (Å²) in [5.74, 6) is 0.0901. The quantitative estimate of drug-likeness (QED) is 0.345. The SMILES string of the molecule is COc1cccc(C=CC(=O)Nc2cccc(OCc3cn4ccccc4n3)c2)c1OC(F)F. The lowest BCUT2D eigenvalue weighted by molar-refractivity contribution is -0.111. The zero-order chi connectivity index (χ0) is 23.9. The van der Waals surface area contributed by atoms with Crippen LogP contribution in [0, 0.1) is 0 Å². The number of alkyl halides is 2. The number of pyridine rings is 1. The third kappa shape index (κ3) is 5.69. The first-order chi connectivity index (χ1) is 16.5. The van der Waals surface area contributed by atoms with Gasteiger partial charge in [0.15, 0.2) is 11.5 Å². The zero-order valence-corrected chi connectivity index (χ0v) is 18.2. The maximum absolute atomic E-state index is 12.8. The minimum absolute atomic E-state index is 0.137. The highest BCUT2D eigenvalue weighted by atomic mass is 19.3. The molecule has 2 aromatic carbocycles. The molecule has 174 valence electrons. The third-order valence-corrected chi connectivity index (χ3v) is 4.75. The Labute approximate surface area is 194 Å². The molecular weight excluding hydrogens is 444 g/mol. The molecule has 2 heterocycles. The highest BCUT2D eigenvalue weighted by Gasteiger charge is 2.14. The number of fused-ring (bicyclic) bond motifs is 1. The summed E-state index contributed by atoms with van der Waals surface area (Å²) >= 11 is 0. The first-order valence-corrected chi connectivity index (χ1v) is 10.3. The second-order valence-corrected chi connectivity index (χ2v) is 7.09. The number of methoxy groups -OCH3 is 1. The smallest absolute Gasteiger partial charge is 0.387 e. The largest absolute Gasteiger partial charge is 0.493 e. The molecule has 0 unspecified atom stereocenters. The predicted octanol–water partition coefficient (Wildman–Crippen LogP) is 5.18. The standard InChI is InChI=1S/C25H21F2N3O4/c1-32-21-9-4-6-17(24(21)34-25(26)27)11-12-23(31)29-18-7-5-8-20(14-18)33-16-19-15-30-13-3-2-10-22(30)28-19/h2-15,25H,16H2,1H3,(H,29,31). The van der Waals surface area contributed by atoms with E-state index < -0.39 is 12.5 Å². The molecule has 0 fully saturated rings. The third-order valence-electron chi connectivity index (χ3n) is 4.75. The van der Waals surface area contributed by atoms with Crippen LogP contribution in [-0.4, -0.2) is 29.0 Å². The van der Waals surface area contributed by atoms with E-state index in [2.05, 4.69) is 15.0 Å². The highest BCUT2D eigenvalue weighted by Crippen LogP contribution is 2.33. The van der Waals surface area contributed by atoms with Crippen molar-refractivity contribution in [2.24, 2.45) is 0 Å². The fourth-order valence-electron chi connectivity index (χ4n) is 3.27. The van der Waals surface area contributed by atoms with E-state index in [1.54, 1.807) is 30.3 Å². The van der Waals surface area contributed by atoms with Crippen molar-refractivity contribution in [1.82, 2.24) is 9.38 Å². The lowest BCUT2D eigenvalue weighted by Crippen LogP contribution is -2.08. The van der Waals surface area contributed by atoms with Crippen LogP contribution in [0.1, 0.15) is 11.3 Å². The number of nitrogens with one attached hydrogen (secondary N) is 1. The number of hydrogen-bond acceptors (Lipinski definition) is 5. The van der Waals surface area contributed by atoms with Crippen LogP contribution in [0.25, 0.3) is 11.7 Å². The van der Waals surface area contributed by atoms with Gasteiger partial charge in [-0.25, -0.2) is 4.98 Å². The lowest BCUT2D eigenvalue weighted by Gasteiger charge is -2.12. The number of nitrogens with zero attached hydrogens (tertiary/aromatic N) is 2. The van der Waals surface area contributed by atoms with Gasteiger partial charge in [-0.15, -0.1) is 0 Å². The summed E-state index contributed by atoms with van der Waals surface area (Å²) in [6, 6.07) is 17.3. The number of anilines is 1. The average Bonchev–Trinajstić information content (AvgIpc) is 3.25. The summed E-state index contributed by atoms with van der Waals surface area (Å²) in [5.41, 5.74) is 2.38. The molecule has 0 atom stereocenters. The Hall–Kier alpha value is -4.40. The van der Waals surface area contributed by atoms with Crippen LogP contribution in [0.3, 0.4) is 0 Å². The number of carbonyl (C=O) groups is 1. The van der Waals surface area contributed by atoms with Gasteiger partial charge in [0.25, 0.3) is 0 Å². The Morgan fingerprint density at radius 2 is 2.00 bits per heavy atom. The summed E-state index contributed by atoms with van der Waals surface area (Å²) in [6.07, 6.45) is 6.39. The topological polar surface area (TPSA) is 74.1 Å². The summed E-state index contributed by atoms with van der Waals surface area (Å²) in [5, 5.41) is 2.72. The molecule has 0 saturated carbocycles. The van der Waals surface area contributed by atoms with Gasteiger partial charge in [0.05, 0.1) is 12.8 Å². The van der Waals surface area contributed by atoms with Crippen molar-refractivity contribution >= 4 is 23.3 Å². The van der Waals surface area contributed by atoms with E-state index in [9.17, 15) is 13.6 Å². The monoisotopic (exact) mass is 465 g/mol. The van der Waals surface area contributed by atoms with Crippen molar-refractivity contribution < 1.29 is 27.8 Å². The van der Waals surface area contributed by atoms with Crippen LogP contribution in [0.15, 0.2) is 79.1 Å². The minimum atomic E-state index is -3.03. The molecule has 0 spiro atoms. The first kappa shape index (κ1) is 22.8. The molecule has 0 bridgehead atoms. The first-order valence-electron chi connectivity index (χ1n) is 10.3. The van der Waals surface area contributed by atoms with Gasteiger partial charge in [0.1, 0.15) is 18.0 Å². The molecule has 0 aliphatic heterocycles. The number of halogens is 2. The number of carbonyl (C=O) groups excluding carboxylic acids is 1. The molecule has 1 N–H and O–H groups in total. The number of aromatic nitrogens is 2. The molecule has 4 rings (SSSR count). The number of amides is 1. The summed E-state index contributed by atoms with van der Waals surface area (Å²) in [4.78, 5) is 16.9. The number of para-hydroxylation sites is 1. The van der Waals surface area contributed by atoms with Gasteiger partial charge in [-0.05, 0) is 36.4 Å². The molecule has 0 saturated heterocycles. The van der Waals surface area contributed by atoms with Crippen molar-refractivity contribution in [1.29, 1.82) is 0 Å². The van der Waals surface area contributed by atoms with Gasteiger partial charge in [-0.1, -0.05) is 24.3 Å². The van der Waals surface area contributed by atoms with E-state index in [0.29, 0.717) is 11.4 Å². The number of imidazole rings is 1. The Bertz CT molecular complexity index is 1290. The molecule has 0 aliphatic rings. The average molecular weight is 465 g/mol. The van der Waals surface area contributed by atoms with E-state index in [0.717, 1.165) is 11.3 Å². The van der Waals surface area contributed by atoms with Crippen LogP contribution in [0.2, 0.25) is 0 Å². The number of benzene rings is 2. The maximum atomic E-state index is 12.8. The van der Waals surface area contributed by atoms with Crippen molar-refractivity contribution in [2.75, 3.05) is 12.4 Å². The fourth-order valence-corrected chi connectivity index (χ4v) is 3.27. The minimum Gasteiger partial charge on any atom is -0.493 e. The molecule has 34 heavy (non-hydrogen) atoms. The number of hydrogen-bond donors (Lipinski definition) is 1. The fraction of sp³-hybridized carbons (Fsp3) is 0.120. The molecule has 2 aromatic heterocycles. The van der Waals surface area contributed by atoms with Crippen molar-refractivity contribution in [3.05, 3.63) is 90.4 Å². The van der Waals surface area contributed by atoms with Crippen LogP contribution in [0.5, 0.6) is 17.2 Å². The van der Waals surface area contributed by atoms with E-state index in [-0.39, 0.29) is 23.7 Å². The molecule has 4 aromatic rings. The van der Waals surface area contributed by atoms with Gasteiger partial charge in [-0.3, -0.25) is 4.79 Å². The van der Waals surface area contributed by atoms with Crippen LogP contribution < -0.4 is 19.5 Å². The van der Waals surface area contributed by atoms with Gasteiger partial charge < -0.3 is 23.9 Å². The maximum Gasteiger partial charge on any atom is 0.387 e. The van der Waals surface area contributed by atoms with E-state index in [1.165, 1.54) is 31.4 Å². The Morgan fingerprint density at radius 3 is 2.79 bits per heavy atom. The van der Waals surface area contributed by atoms with E-state index in [4.69, 9.17) is 9.47 Å². The van der Waals surface area contributed by atoms with Gasteiger partial charge in [-0.2, -0.15) is 8.78 Å². The Morgan fingerprint density at radius 1 is 1.15 bits per heavy atom. The molecule has 0 aliphatic carbocycles. The normalized spacial score (nSPS) is 11.2. The van der Waals surface area contributed by atoms with Crippen molar-refractivity contribution in [3.63, 3.8) is 0 Å². The molecule has 7 nitrogen and oxygen atoms in total. The number of ether oxygens (including phenoxy) is 3. The summed E-state index contributed by atoms with van der Waals surface area (Å²) in [6.45, 7) is -2.76. The molecule has 9 heteroatoms. The van der Waals surface area contributed by atoms with E-state index in [1.807, 2.05) is 35.0 Å². The predicted molar refractivity (Wildman–Crippen MR) is 123 cm³/mol. The molecule has 1 amide bonds.